The van der Waals surface area contributed by atoms with Gasteiger partial charge >= 0.3 is 9.28 Å². The minimum absolute atomic E-state index is 0.709. The van der Waals surface area contributed by atoms with Crippen molar-refractivity contribution in [1.29, 1.82) is 0 Å². The summed E-state index contributed by atoms with van der Waals surface area (Å²) in [6.07, 6.45) is 8.03. The molecule has 0 aromatic heterocycles. The topological polar surface area (TPSA) is 36.9 Å². The van der Waals surface area contributed by atoms with Crippen LogP contribution in [0.4, 0.5) is 0 Å². The molecular formula is C8H24O4Si4. The first-order valence-corrected chi connectivity index (χ1v) is 11.5. The molecule has 4 nitrogen and oxygen atoms in total. The van der Waals surface area contributed by atoms with Gasteiger partial charge in [0.2, 0.25) is 0 Å². The summed E-state index contributed by atoms with van der Waals surface area (Å²) in [6, 6.07) is 1.15. The predicted octanol–water partition coefficient (Wildman–Crippen LogP) is -0.356. The summed E-state index contributed by atoms with van der Waals surface area (Å²) >= 11 is 0. The Labute approximate surface area is 107 Å². The lowest BCUT2D eigenvalue weighted by Gasteiger charge is -2.20. The maximum atomic E-state index is 5.73. The third kappa shape index (κ3) is 7.90. The molecule has 1 saturated heterocycles. The smallest absolute Gasteiger partial charge is 0.303 e. The van der Waals surface area contributed by atoms with Crippen molar-refractivity contribution < 1.29 is 16.5 Å². The number of rotatable bonds is 7. The summed E-state index contributed by atoms with van der Waals surface area (Å²) in [5.41, 5.74) is 0. The zero-order valence-corrected chi connectivity index (χ0v) is 15.7. The Balaban J connectivity index is 1.93. The van der Waals surface area contributed by atoms with E-state index in [9.17, 15) is 0 Å². The Kier molecular flexibility index (Phi) is 10.0. The number of unbranched alkanes of at least 4 members (excludes halogenated alkanes) is 5. The van der Waals surface area contributed by atoms with Crippen molar-refractivity contribution in [2.75, 3.05) is 0 Å². The molecule has 8 heteroatoms. The minimum Gasteiger partial charge on any atom is -0.425 e. The highest BCUT2D eigenvalue weighted by atomic mass is 28.4. The van der Waals surface area contributed by atoms with Crippen molar-refractivity contribution in [1.82, 2.24) is 0 Å². The van der Waals surface area contributed by atoms with Crippen LogP contribution in [0, 0.1) is 0 Å². The molecule has 0 radical (unpaired) electrons. The van der Waals surface area contributed by atoms with E-state index in [-0.39, 0.29) is 0 Å². The predicted molar refractivity (Wildman–Crippen MR) is 75.3 cm³/mol. The van der Waals surface area contributed by atoms with E-state index in [0.717, 1.165) is 6.04 Å². The molecule has 0 atom stereocenters. The molecule has 1 fully saturated rings. The minimum atomic E-state index is -1.36. The lowest BCUT2D eigenvalue weighted by Crippen LogP contribution is -2.33. The molecule has 16 heavy (non-hydrogen) atoms. The summed E-state index contributed by atoms with van der Waals surface area (Å²) in [7, 11) is -3.57. The highest BCUT2D eigenvalue weighted by Gasteiger charge is 2.15. The average Bonchev–Trinajstić information content (AvgIpc) is 2.25. The van der Waals surface area contributed by atoms with Crippen LogP contribution in [-0.2, 0) is 16.5 Å². The largest absolute Gasteiger partial charge is 0.425 e. The van der Waals surface area contributed by atoms with Crippen LogP contribution in [0.3, 0.4) is 0 Å². The van der Waals surface area contributed by atoms with E-state index in [2.05, 4.69) is 6.92 Å². The molecule has 1 rings (SSSR count). The highest BCUT2D eigenvalue weighted by Crippen LogP contribution is 2.10. The molecule has 1 aliphatic rings. The zero-order chi connectivity index (χ0) is 11.5. The van der Waals surface area contributed by atoms with Gasteiger partial charge in [0.1, 0.15) is 0 Å². The van der Waals surface area contributed by atoms with Crippen molar-refractivity contribution in [3.8, 4) is 0 Å². The molecule has 0 aromatic rings. The summed E-state index contributed by atoms with van der Waals surface area (Å²) in [4.78, 5) is 0. The van der Waals surface area contributed by atoms with E-state index in [1.54, 1.807) is 0 Å². The molecular weight excluding hydrogens is 272 g/mol. The van der Waals surface area contributed by atoms with Crippen LogP contribution in [0.2, 0.25) is 6.04 Å². The van der Waals surface area contributed by atoms with E-state index < -0.39 is 39.3 Å². The van der Waals surface area contributed by atoms with E-state index in [1.807, 2.05) is 0 Å². The standard InChI is InChI=1S/C8H24O4Si4/c1-2-3-4-5-6-7-8-16-11-14-9-13-10-15-12-16/h16H,2-8,13-15H2,1H3. The van der Waals surface area contributed by atoms with Crippen molar-refractivity contribution in [3.63, 3.8) is 0 Å². The molecule has 0 N–H and O–H groups in total. The fraction of sp³-hybridized carbons (Fsp3) is 1.00. The second-order valence-corrected chi connectivity index (χ2v) is 12.2. The van der Waals surface area contributed by atoms with Gasteiger partial charge in [-0.05, 0) is 6.04 Å². The molecule has 0 unspecified atom stereocenters. The lowest BCUT2D eigenvalue weighted by atomic mass is 10.1. The lowest BCUT2D eigenvalue weighted by molar-refractivity contribution is 0.327. The van der Waals surface area contributed by atoms with Crippen LogP contribution in [0.1, 0.15) is 45.4 Å². The van der Waals surface area contributed by atoms with Crippen LogP contribution in [0.5, 0.6) is 0 Å². The summed E-state index contributed by atoms with van der Waals surface area (Å²) in [5.74, 6) is 0. The van der Waals surface area contributed by atoms with Crippen LogP contribution in [0.25, 0.3) is 0 Å². The van der Waals surface area contributed by atoms with Crippen LogP contribution < -0.4 is 0 Å². The molecule has 0 aromatic carbocycles. The Morgan fingerprint density at radius 3 is 2.12 bits per heavy atom. The second-order valence-electron chi connectivity index (χ2n) is 4.08. The molecule has 0 aliphatic carbocycles. The van der Waals surface area contributed by atoms with Gasteiger partial charge < -0.3 is 16.5 Å². The van der Waals surface area contributed by atoms with Gasteiger partial charge in [-0.15, -0.1) is 0 Å². The van der Waals surface area contributed by atoms with Crippen molar-refractivity contribution in [2.45, 2.75) is 51.5 Å². The van der Waals surface area contributed by atoms with Gasteiger partial charge in [-0.1, -0.05) is 45.4 Å². The zero-order valence-electron chi connectivity index (χ0n) is 10.3. The van der Waals surface area contributed by atoms with Crippen molar-refractivity contribution >= 4 is 39.3 Å². The number of hydrogen-bond acceptors (Lipinski definition) is 4. The molecule has 96 valence electrons. The highest BCUT2D eigenvalue weighted by molar-refractivity contribution is 6.59. The first kappa shape index (κ1) is 14.8. The van der Waals surface area contributed by atoms with Gasteiger partial charge in [0, 0.05) is 0 Å². The second kappa shape index (κ2) is 10.8. The monoisotopic (exact) mass is 296 g/mol. The Morgan fingerprint density at radius 1 is 0.812 bits per heavy atom. The third-order valence-corrected chi connectivity index (χ3v) is 10.2. The fourth-order valence-corrected chi connectivity index (χ4v) is 10.7. The van der Waals surface area contributed by atoms with Crippen LogP contribution in [-0.4, -0.2) is 39.3 Å². The van der Waals surface area contributed by atoms with E-state index in [1.165, 1.54) is 38.5 Å². The molecule has 0 spiro atoms. The molecule has 0 saturated carbocycles. The molecule has 1 heterocycles. The van der Waals surface area contributed by atoms with E-state index in [4.69, 9.17) is 16.5 Å². The van der Waals surface area contributed by atoms with Gasteiger partial charge in [-0.3, -0.25) is 0 Å². The van der Waals surface area contributed by atoms with Gasteiger partial charge in [0.25, 0.3) is 30.0 Å². The van der Waals surface area contributed by atoms with Gasteiger partial charge in [0.15, 0.2) is 0 Å². The maximum Gasteiger partial charge on any atom is 0.303 e. The fourth-order valence-electron chi connectivity index (χ4n) is 1.68. The average molecular weight is 297 g/mol. The summed E-state index contributed by atoms with van der Waals surface area (Å²) in [6.45, 7) is 2.25. The Hall–Kier alpha value is 0.708. The van der Waals surface area contributed by atoms with Crippen LogP contribution >= 0.6 is 0 Å². The molecule has 0 bridgehead atoms. The van der Waals surface area contributed by atoms with E-state index in [0.29, 0.717) is 0 Å². The van der Waals surface area contributed by atoms with E-state index >= 15 is 0 Å². The first-order valence-electron chi connectivity index (χ1n) is 6.32. The maximum absolute atomic E-state index is 5.73. The Bertz CT molecular complexity index is 155. The molecule has 0 amide bonds. The quantitative estimate of drug-likeness (QED) is 0.475. The SMILES string of the molecule is CCCCCCCC[SiH]1O[SiH2]O[SiH2]O[SiH2]O1. The van der Waals surface area contributed by atoms with Gasteiger partial charge in [0.05, 0.1) is 0 Å². The van der Waals surface area contributed by atoms with Crippen molar-refractivity contribution in [3.05, 3.63) is 0 Å². The normalized spacial score (nSPS) is 27.2. The number of hydrogen-bond donors (Lipinski definition) is 0. The van der Waals surface area contributed by atoms with Crippen LogP contribution in [0.15, 0.2) is 0 Å². The summed E-state index contributed by atoms with van der Waals surface area (Å²) in [5, 5.41) is 0. The van der Waals surface area contributed by atoms with Gasteiger partial charge in [-0.2, -0.15) is 0 Å². The van der Waals surface area contributed by atoms with Crippen molar-refractivity contribution in [2.24, 2.45) is 0 Å². The first-order chi connectivity index (χ1) is 7.93. The Morgan fingerprint density at radius 2 is 1.44 bits per heavy atom. The van der Waals surface area contributed by atoms with Gasteiger partial charge in [-0.25, -0.2) is 0 Å². The third-order valence-electron chi connectivity index (χ3n) is 2.63. The summed E-state index contributed by atoms with van der Waals surface area (Å²) < 4.78 is 22.2. The molecule has 1 aliphatic heterocycles.